The lowest BCUT2D eigenvalue weighted by Crippen LogP contribution is -2.26. The maximum Gasteiger partial charge on any atom is 0.224 e. The number of fused-ring (bicyclic) bond motifs is 1. The summed E-state index contributed by atoms with van der Waals surface area (Å²) in [5.74, 6) is -0.433. The van der Waals surface area contributed by atoms with Gasteiger partial charge in [0.25, 0.3) is 0 Å². The third kappa shape index (κ3) is 4.82. The van der Waals surface area contributed by atoms with Crippen LogP contribution in [0.5, 0.6) is 0 Å². The van der Waals surface area contributed by atoms with Crippen LogP contribution in [0.4, 0.5) is 17.1 Å². The molecule has 0 unspecified atom stereocenters. The molecule has 0 saturated carbocycles. The van der Waals surface area contributed by atoms with Crippen molar-refractivity contribution in [2.45, 2.75) is 12.8 Å². The van der Waals surface area contributed by atoms with Crippen molar-refractivity contribution in [2.75, 3.05) is 29.2 Å². The van der Waals surface area contributed by atoms with Crippen LogP contribution in [0.1, 0.15) is 28.8 Å². The quantitative estimate of drug-likeness (QED) is 0.314. The van der Waals surface area contributed by atoms with E-state index < -0.39 is 5.78 Å². The van der Waals surface area contributed by atoms with E-state index in [2.05, 4.69) is 5.32 Å². The number of rotatable bonds is 7. The van der Waals surface area contributed by atoms with Crippen LogP contribution in [-0.2, 0) is 9.59 Å². The van der Waals surface area contributed by atoms with Gasteiger partial charge in [0, 0.05) is 43.8 Å². The fourth-order valence-electron chi connectivity index (χ4n) is 4.13. The first kappa shape index (κ1) is 23.5. The van der Waals surface area contributed by atoms with Crippen LogP contribution in [0.15, 0.2) is 90.3 Å². The van der Waals surface area contributed by atoms with Crippen LogP contribution in [0.3, 0.4) is 0 Å². The van der Waals surface area contributed by atoms with Crippen molar-refractivity contribution >= 4 is 34.5 Å². The van der Waals surface area contributed by atoms with Gasteiger partial charge in [0.2, 0.25) is 5.91 Å². The molecule has 1 amide bonds. The predicted molar refractivity (Wildman–Crippen MR) is 135 cm³/mol. The Morgan fingerprint density at radius 1 is 0.800 bits per heavy atom. The zero-order valence-corrected chi connectivity index (χ0v) is 19.5. The number of nitrogens with zero attached hydrogens (tertiary/aromatic N) is 3. The van der Waals surface area contributed by atoms with Gasteiger partial charge >= 0.3 is 0 Å². The zero-order valence-electron chi connectivity index (χ0n) is 19.5. The highest BCUT2D eigenvalue weighted by Gasteiger charge is 2.31. The van der Waals surface area contributed by atoms with E-state index in [0.29, 0.717) is 22.6 Å². The van der Waals surface area contributed by atoms with Crippen molar-refractivity contribution in [3.05, 3.63) is 101 Å². The number of nitrogens with one attached hydrogen (secondary N) is 1. The second-order valence-corrected chi connectivity index (χ2v) is 8.16. The number of amides is 1. The maximum absolute atomic E-state index is 12.9. The van der Waals surface area contributed by atoms with Crippen LogP contribution in [-0.4, -0.2) is 31.6 Å². The number of Topliss-reactive ketones (excluding diaryl/α,β-unsaturated/α-hetero) is 1. The summed E-state index contributed by atoms with van der Waals surface area (Å²) in [5, 5.41) is 12.5. The first-order valence-corrected chi connectivity index (χ1v) is 11.1. The van der Waals surface area contributed by atoms with Crippen molar-refractivity contribution < 1.29 is 14.4 Å². The van der Waals surface area contributed by atoms with Crippen LogP contribution in [0, 0.1) is 11.3 Å². The number of allylic oxidation sites excluding steroid dienone is 1. The lowest BCUT2D eigenvalue weighted by atomic mass is 10.0. The monoisotopic (exact) mass is 464 g/mol. The minimum atomic E-state index is -0.405. The molecule has 0 radical (unpaired) electrons. The molecule has 0 saturated heterocycles. The SMILES string of the molecule is CN1C(=C(C#N)C(=O)CCC(=O)Nc2cccc(C(=O)c3ccccc3)c2)N(C)c2ccccc21. The van der Waals surface area contributed by atoms with Crippen molar-refractivity contribution in [3.63, 3.8) is 0 Å². The summed E-state index contributed by atoms with van der Waals surface area (Å²) < 4.78 is 0. The Labute approximate surface area is 203 Å². The Morgan fingerprint density at radius 3 is 2.03 bits per heavy atom. The topological polar surface area (TPSA) is 93.5 Å². The molecular weight excluding hydrogens is 440 g/mol. The van der Waals surface area contributed by atoms with Crippen LogP contribution >= 0.6 is 0 Å². The summed E-state index contributed by atoms with van der Waals surface area (Å²) in [6, 6.07) is 25.2. The lowest BCUT2D eigenvalue weighted by Gasteiger charge is -2.19. The molecule has 0 atom stereocenters. The molecule has 7 heteroatoms. The third-order valence-corrected chi connectivity index (χ3v) is 5.88. The number of hydrogen-bond donors (Lipinski definition) is 1. The molecule has 0 aromatic heterocycles. The van der Waals surface area contributed by atoms with E-state index in [0.717, 1.165) is 11.4 Å². The van der Waals surface area contributed by atoms with E-state index in [9.17, 15) is 19.6 Å². The van der Waals surface area contributed by atoms with Crippen molar-refractivity contribution in [1.82, 2.24) is 0 Å². The molecule has 4 rings (SSSR count). The summed E-state index contributed by atoms with van der Waals surface area (Å²) in [4.78, 5) is 41.7. The number of anilines is 3. The highest BCUT2D eigenvalue weighted by atomic mass is 16.2. The molecule has 0 aliphatic carbocycles. The average Bonchev–Trinajstić information content (AvgIpc) is 3.13. The molecule has 35 heavy (non-hydrogen) atoms. The minimum Gasteiger partial charge on any atom is -0.328 e. The highest BCUT2D eigenvalue weighted by Crippen LogP contribution is 2.40. The van der Waals surface area contributed by atoms with Crippen LogP contribution in [0.2, 0.25) is 0 Å². The average molecular weight is 465 g/mol. The Bertz CT molecular complexity index is 1340. The first-order chi connectivity index (χ1) is 16.9. The maximum atomic E-state index is 12.9. The zero-order chi connectivity index (χ0) is 24.9. The van der Waals surface area contributed by atoms with E-state index in [1.807, 2.05) is 36.4 Å². The lowest BCUT2D eigenvalue weighted by molar-refractivity contribution is -0.120. The van der Waals surface area contributed by atoms with E-state index in [4.69, 9.17) is 0 Å². The Balaban J connectivity index is 1.42. The van der Waals surface area contributed by atoms with Crippen molar-refractivity contribution in [3.8, 4) is 6.07 Å². The van der Waals surface area contributed by atoms with Gasteiger partial charge in [0.15, 0.2) is 11.6 Å². The predicted octanol–water partition coefficient (Wildman–Crippen LogP) is 4.53. The van der Waals surface area contributed by atoms with Gasteiger partial charge in [-0.3, -0.25) is 14.4 Å². The van der Waals surface area contributed by atoms with Crippen LogP contribution < -0.4 is 15.1 Å². The van der Waals surface area contributed by atoms with Crippen molar-refractivity contribution in [2.24, 2.45) is 0 Å². The Hall–Kier alpha value is -4.70. The van der Waals surface area contributed by atoms with Gasteiger partial charge in [0.1, 0.15) is 17.5 Å². The van der Waals surface area contributed by atoms with Gasteiger partial charge < -0.3 is 15.1 Å². The van der Waals surface area contributed by atoms with E-state index in [1.165, 1.54) is 0 Å². The normalized spacial score (nSPS) is 12.1. The molecule has 174 valence electrons. The standard InChI is InChI=1S/C28H24N4O3/c1-31-23-13-6-7-14-24(23)32(2)28(31)22(18-29)25(33)15-16-26(34)30-21-12-8-11-20(17-21)27(35)19-9-4-3-5-10-19/h3-14,17H,15-16H2,1-2H3,(H,30,34). The summed E-state index contributed by atoms with van der Waals surface area (Å²) in [6.07, 6.45) is -0.201. The van der Waals surface area contributed by atoms with E-state index in [-0.39, 0.29) is 30.1 Å². The molecular formula is C28H24N4O3. The molecule has 1 N–H and O–H groups in total. The summed E-state index contributed by atoms with van der Waals surface area (Å²) in [5.41, 5.74) is 3.28. The second kappa shape index (κ2) is 10.1. The number of carbonyl (C=O) groups excluding carboxylic acids is 3. The largest absolute Gasteiger partial charge is 0.328 e. The third-order valence-electron chi connectivity index (χ3n) is 5.88. The summed E-state index contributed by atoms with van der Waals surface area (Å²) in [6.45, 7) is 0. The first-order valence-electron chi connectivity index (χ1n) is 11.1. The van der Waals surface area contributed by atoms with Gasteiger partial charge in [-0.05, 0) is 24.3 Å². The molecule has 0 spiro atoms. The number of carbonyl (C=O) groups is 3. The van der Waals surface area contributed by atoms with Gasteiger partial charge in [-0.2, -0.15) is 5.26 Å². The number of nitriles is 1. The molecule has 0 fully saturated rings. The Morgan fingerprint density at radius 2 is 1.40 bits per heavy atom. The fourth-order valence-corrected chi connectivity index (χ4v) is 4.13. The molecule has 3 aromatic carbocycles. The minimum absolute atomic E-state index is 0.00875. The summed E-state index contributed by atoms with van der Waals surface area (Å²) in [7, 11) is 3.61. The smallest absolute Gasteiger partial charge is 0.224 e. The number of para-hydroxylation sites is 2. The summed E-state index contributed by atoms with van der Waals surface area (Å²) >= 11 is 0. The molecule has 1 aliphatic rings. The number of ketones is 2. The highest BCUT2D eigenvalue weighted by molar-refractivity contribution is 6.10. The fraction of sp³-hybridized carbons (Fsp3) is 0.143. The second-order valence-electron chi connectivity index (χ2n) is 8.16. The Kier molecular flexibility index (Phi) is 6.74. The molecule has 7 nitrogen and oxygen atoms in total. The van der Waals surface area contributed by atoms with E-state index >= 15 is 0 Å². The molecule has 1 heterocycles. The van der Waals surface area contributed by atoms with Crippen LogP contribution in [0.25, 0.3) is 0 Å². The van der Waals surface area contributed by atoms with Crippen molar-refractivity contribution in [1.29, 1.82) is 5.26 Å². The molecule has 0 bridgehead atoms. The molecule has 1 aliphatic heterocycles. The van der Waals surface area contributed by atoms with Gasteiger partial charge in [-0.25, -0.2) is 0 Å². The van der Waals surface area contributed by atoms with Gasteiger partial charge in [-0.15, -0.1) is 0 Å². The van der Waals surface area contributed by atoms with Gasteiger partial charge in [0.05, 0.1) is 11.4 Å². The van der Waals surface area contributed by atoms with Gasteiger partial charge in [-0.1, -0.05) is 54.6 Å². The molecule has 3 aromatic rings. The number of benzene rings is 3. The van der Waals surface area contributed by atoms with E-state index in [1.54, 1.807) is 72.4 Å². The number of hydrogen-bond acceptors (Lipinski definition) is 6.